The van der Waals surface area contributed by atoms with Gasteiger partial charge in [0.25, 0.3) is 5.69 Å². The summed E-state index contributed by atoms with van der Waals surface area (Å²) in [5.74, 6) is -1.85. The number of aliphatic carboxylic acids is 1. The predicted octanol–water partition coefficient (Wildman–Crippen LogP) is 1.65. The first-order chi connectivity index (χ1) is 8.65. The summed E-state index contributed by atoms with van der Waals surface area (Å²) in [7, 11) is 0. The van der Waals surface area contributed by atoms with Crippen molar-refractivity contribution in [2.45, 2.75) is 23.5 Å². The minimum Gasteiger partial charge on any atom is -0.480 e. The second kappa shape index (κ2) is 5.27. The van der Waals surface area contributed by atoms with Gasteiger partial charge in [0.05, 0.1) is 9.82 Å². The Bertz CT molecular complexity index is 556. The van der Waals surface area contributed by atoms with Gasteiger partial charge in [0.2, 0.25) is 5.91 Å². The zero-order valence-corrected chi connectivity index (χ0v) is 11.1. The van der Waals surface area contributed by atoms with Gasteiger partial charge in [-0.3, -0.25) is 19.7 Å². The van der Waals surface area contributed by atoms with Crippen LogP contribution < -0.4 is 5.73 Å². The average Bonchev–Trinajstić information content (AvgIpc) is 2.27. The van der Waals surface area contributed by atoms with Crippen LogP contribution in [0.5, 0.6) is 0 Å². The van der Waals surface area contributed by atoms with Gasteiger partial charge in [-0.05, 0) is 26.0 Å². The molecule has 102 valence electrons. The van der Waals surface area contributed by atoms with Crippen LogP contribution in [-0.2, 0) is 4.79 Å². The summed E-state index contributed by atoms with van der Waals surface area (Å²) in [5, 5.41) is 19.9. The van der Waals surface area contributed by atoms with Crippen LogP contribution in [0.25, 0.3) is 0 Å². The monoisotopic (exact) mass is 284 g/mol. The molecule has 0 saturated carbocycles. The van der Waals surface area contributed by atoms with Crippen LogP contribution in [0, 0.1) is 10.1 Å². The molecule has 1 aromatic rings. The molecule has 0 fully saturated rings. The van der Waals surface area contributed by atoms with Gasteiger partial charge in [0.15, 0.2) is 0 Å². The molecule has 0 aliphatic carbocycles. The molecular weight excluding hydrogens is 272 g/mol. The molecule has 0 aromatic heterocycles. The van der Waals surface area contributed by atoms with Gasteiger partial charge in [-0.25, -0.2) is 0 Å². The fourth-order valence-corrected chi connectivity index (χ4v) is 2.29. The van der Waals surface area contributed by atoms with Crippen LogP contribution in [0.2, 0.25) is 0 Å². The number of nitrogens with zero attached hydrogens (tertiary/aromatic N) is 1. The lowest BCUT2D eigenvalue weighted by atomic mass is 10.2. The van der Waals surface area contributed by atoms with Gasteiger partial charge in [-0.1, -0.05) is 0 Å². The fraction of sp³-hybridized carbons (Fsp3) is 0.273. The number of hydrogen-bond acceptors (Lipinski definition) is 5. The van der Waals surface area contributed by atoms with Gasteiger partial charge in [0.1, 0.15) is 4.75 Å². The summed E-state index contributed by atoms with van der Waals surface area (Å²) in [6, 6.07) is 3.61. The molecule has 1 rings (SSSR count). The standard InChI is InChI=1S/C11H12N2O5S/c1-11(2,10(15)16)19-8-5-6(9(12)14)3-4-7(8)13(17)18/h3-5H,1-2H3,(H2,12,14)(H,15,16). The van der Waals surface area contributed by atoms with Crippen molar-refractivity contribution in [3.63, 3.8) is 0 Å². The Morgan fingerprint density at radius 3 is 2.42 bits per heavy atom. The molecule has 3 N–H and O–H groups in total. The molecular formula is C11H12N2O5S. The smallest absolute Gasteiger partial charge is 0.319 e. The normalized spacial score (nSPS) is 11.1. The highest BCUT2D eigenvalue weighted by molar-refractivity contribution is 8.01. The molecule has 8 heteroatoms. The van der Waals surface area contributed by atoms with Crippen molar-refractivity contribution >= 4 is 29.3 Å². The number of rotatable bonds is 5. The number of amides is 1. The number of primary amides is 1. The molecule has 0 saturated heterocycles. The zero-order chi connectivity index (χ0) is 14.8. The molecule has 0 atom stereocenters. The van der Waals surface area contributed by atoms with E-state index in [0.29, 0.717) is 0 Å². The minimum atomic E-state index is -1.26. The number of nitro benzene ring substituents is 1. The van der Waals surface area contributed by atoms with E-state index in [-0.39, 0.29) is 16.1 Å². The summed E-state index contributed by atoms with van der Waals surface area (Å²) in [4.78, 5) is 32.4. The summed E-state index contributed by atoms with van der Waals surface area (Å²) < 4.78 is -1.26. The van der Waals surface area contributed by atoms with Crippen LogP contribution in [0.1, 0.15) is 24.2 Å². The van der Waals surface area contributed by atoms with E-state index in [4.69, 9.17) is 10.8 Å². The number of carboxylic acid groups (broad SMARTS) is 1. The number of carbonyl (C=O) groups excluding carboxylic acids is 1. The predicted molar refractivity (Wildman–Crippen MR) is 69.2 cm³/mol. The molecule has 1 amide bonds. The van der Waals surface area contributed by atoms with Gasteiger partial charge in [-0.15, -0.1) is 11.8 Å². The Hall–Kier alpha value is -2.09. The first-order valence-electron chi connectivity index (χ1n) is 5.16. The van der Waals surface area contributed by atoms with Crippen LogP contribution in [0.3, 0.4) is 0 Å². The van der Waals surface area contributed by atoms with Crippen LogP contribution >= 0.6 is 11.8 Å². The Labute approximate surface area is 112 Å². The second-order valence-corrected chi connectivity index (χ2v) is 5.89. The maximum Gasteiger partial charge on any atom is 0.319 e. The van der Waals surface area contributed by atoms with Crippen molar-refractivity contribution in [1.29, 1.82) is 0 Å². The molecule has 1 aromatic carbocycles. The summed E-state index contributed by atoms with van der Waals surface area (Å²) >= 11 is 0.792. The largest absolute Gasteiger partial charge is 0.480 e. The SMILES string of the molecule is CC(C)(Sc1cc(C(N)=O)ccc1[N+](=O)[O-])C(=O)O. The van der Waals surface area contributed by atoms with Gasteiger partial charge in [0, 0.05) is 11.6 Å². The number of nitro groups is 1. The highest BCUT2D eigenvalue weighted by Crippen LogP contribution is 2.38. The third kappa shape index (κ3) is 3.44. The van der Waals surface area contributed by atoms with E-state index in [1.807, 2.05) is 0 Å². The van der Waals surface area contributed by atoms with Crippen molar-refractivity contribution in [1.82, 2.24) is 0 Å². The summed E-state index contributed by atoms with van der Waals surface area (Å²) in [6.45, 7) is 2.83. The Kier molecular flexibility index (Phi) is 4.15. The number of benzene rings is 1. The van der Waals surface area contributed by atoms with E-state index in [0.717, 1.165) is 17.8 Å². The Morgan fingerprint density at radius 2 is 2.00 bits per heavy atom. The molecule has 0 aliphatic heterocycles. The summed E-state index contributed by atoms with van der Waals surface area (Å²) in [5.41, 5.74) is 4.93. The van der Waals surface area contributed by atoms with Crippen molar-refractivity contribution in [2.75, 3.05) is 0 Å². The number of hydrogen-bond donors (Lipinski definition) is 2. The van der Waals surface area contributed by atoms with Crippen LogP contribution in [0.4, 0.5) is 5.69 Å². The Balaban J connectivity index is 3.29. The first-order valence-corrected chi connectivity index (χ1v) is 5.97. The quantitative estimate of drug-likeness (QED) is 0.481. The van der Waals surface area contributed by atoms with Crippen LogP contribution in [-0.4, -0.2) is 26.7 Å². The first kappa shape index (κ1) is 15.0. The van der Waals surface area contributed by atoms with Crippen molar-refractivity contribution in [3.8, 4) is 0 Å². The third-order valence-electron chi connectivity index (χ3n) is 2.32. The molecule has 7 nitrogen and oxygen atoms in total. The molecule has 0 heterocycles. The molecule has 19 heavy (non-hydrogen) atoms. The molecule has 0 radical (unpaired) electrons. The minimum absolute atomic E-state index is 0.0914. The number of carboxylic acids is 1. The number of carbonyl (C=O) groups is 2. The van der Waals surface area contributed by atoms with Gasteiger partial charge in [-0.2, -0.15) is 0 Å². The van der Waals surface area contributed by atoms with E-state index in [2.05, 4.69) is 0 Å². The van der Waals surface area contributed by atoms with Crippen molar-refractivity contribution in [3.05, 3.63) is 33.9 Å². The van der Waals surface area contributed by atoms with Gasteiger partial charge >= 0.3 is 5.97 Å². The van der Waals surface area contributed by atoms with E-state index in [9.17, 15) is 19.7 Å². The molecule has 0 unspecified atom stereocenters. The van der Waals surface area contributed by atoms with E-state index in [1.165, 1.54) is 26.0 Å². The molecule has 0 aliphatic rings. The Morgan fingerprint density at radius 1 is 1.42 bits per heavy atom. The summed E-state index contributed by atoms with van der Waals surface area (Å²) in [6.07, 6.45) is 0. The zero-order valence-electron chi connectivity index (χ0n) is 10.2. The van der Waals surface area contributed by atoms with E-state index >= 15 is 0 Å². The average molecular weight is 284 g/mol. The topological polar surface area (TPSA) is 124 Å². The number of nitrogens with two attached hydrogens (primary N) is 1. The lowest BCUT2D eigenvalue weighted by Gasteiger charge is -2.18. The lowest BCUT2D eigenvalue weighted by Crippen LogP contribution is -2.27. The number of thioether (sulfide) groups is 1. The fourth-order valence-electron chi connectivity index (χ4n) is 1.22. The molecule has 0 spiro atoms. The third-order valence-corrected chi connectivity index (χ3v) is 3.55. The van der Waals surface area contributed by atoms with E-state index in [1.54, 1.807) is 0 Å². The van der Waals surface area contributed by atoms with Crippen molar-refractivity contribution < 1.29 is 19.6 Å². The maximum absolute atomic E-state index is 11.1. The van der Waals surface area contributed by atoms with Crippen LogP contribution in [0.15, 0.2) is 23.1 Å². The second-order valence-electron chi connectivity index (χ2n) is 4.22. The maximum atomic E-state index is 11.1. The highest BCUT2D eigenvalue weighted by Gasteiger charge is 2.31. The van der Waals surface area contributed by atoms with E-state index < -0.39 is 21.5 Å². The van der Waals surface area contributed by atoms with Gasteiger partial charge < -0.3 is 10.8 Å². The highest BCUT2D eigenvalue weighted by atomic mass is 32.2. The molecule has 0 bridgehead atoms. The lowest BCUT2D eigenvalue weighted by molar-refractivity contribution is -0.387. The van der Waals surface area contributed by atoms with Crippen molar-refractivity contribution in [2.24, 2.45) is 5.73 Å².